The number of nitrogens with two attached hydrogens (primary N) is 1. The molecule has 0 atom stereocenters. The number of aryl methyl sites for hydroxylation is 2. The molecule has 0 radical (unpaired) electrons. The van der Waals surface area contributed by atoms with Crippen LogP contribution in [0, 0.1) is 6.92 Å². The number of benzene rings is 1. The van der Waals surface area contributed by atoms with E-state index in [0.717, 1.165) is 36.5 Å². The van der Waals surface area contributed by atoms with Crippen molar-refractivity contribution in [2.45, 2.75) is 19.8 Å². The zero-order valence-electron chi connectivity index (χ0n) is 10.3. The second-order valence-corrected chi connectivity index (χ2v) is 4.47. The number of hydrogen-bond donors (Lipinski definition) is 1. The van der Waals surface area contributed by atoms with Gasteiger partial charge in [0.25, 0.3) is 0 Å². The number of fused-ring (bicyclic) bond motifs is 1. The Morgan fingerprint density at radius 2 is 2.17 bits per heavy atom. The Balaban J connectivity index is 2.16. The van der Waals surface area contributed by atoms with Gasteiger partial charge in [-0.15, -0.1) is 0 Å². The summed E-state index contributed by atoms with van der Waals surface area (Å²) in [6.07, 6.45) is 2.13. The first-order chi connectivity index (χ1) is 8.74. The number of nitrogens with zero attached hydrogens (tertiary/aromatic N) is 2. The summed E-state index contributed by atoms with van der Waals surface area (Å²) in [7, 11) is 0. The number of para-hydroxylation sites is 1. The lowest BCUT2D eigenvalue weighted by Gasteiger charge is -2.20. The van der Waals surface area contributed by atoms with E-state index in [1.807, 2.05) is 19.1 Å². The van der Waals surface area contributed by atoms with E-state index in [0.29, 0.717) is 11.6 Å². The molecule has 0 spiro atoms. The van der Waals surface area contributed by atoms with Crippen molar-refractivity contribution in [1.29, 1.82) is 0 Å². The molecule has 18 heavy (non-hydrogen) atoms. The van der Waals surface area contributed by atoms with Gasteiger partial charge < -0.3 is 10.5 Å². The summed E-state index contributed by atoms with van der Waals surface area (Å²) in [6.45, 7) is 2.61. The molecule has 2 heterocycles. The van der Waals surface area contributed by atoms with Crippen LogP contribution in [0.4, 0.5) is 5.82 Å². The van der Waals surface area contributed by atoms with Gasteiger partial charge in [0.2, 0.25) is 0 Å². The highest BCUT2D eigenvalue weighted by Gasteiger charge is 2.16. The summed E-state index contributed by atoms with van der Waals surface area (Å²) in [5, 5.41) is 0. The molecule has 0 saturated carbocycles. The average Bonchev–Trinajstić information content (AvgIpc) is 2.37. The van der Waals surface area contributed by atoms with E-state index in [-0.39, 0.29) is 0 Å². The summed E-state index contributed by atoms with van der Waals surface area (Å²) in [6, 6.07) is 7.96. The standard InChI is InChI=1S/C14H15N3O/c1-9-16-12(8-13(15)17-9)11-6-2-4-10-5-3-7-18-14(10)11/h2,4,6,8H,3,5,7H2,1H3,(H2,15,16,17). The zero-order chi connectivity index (χ0) is 12.5. The topological polar surface area (TPSA) is 61.0 Å². The van der Waals surface area contributed by atoms with Crippen LogP contribution in [0.25, 0.3) is 11.3 Å². The van der Waals surface area contributed by atoms with Gasteiger partial charge in [-0.2, -0.15) is 0 Å². The Morgan fingerprint density at radius 3 is 3.00 bits per heavy atom. The average molecular weight is 241 g/mol. The van der Waals surface area contributed by atoms with Crippen LogP contribution in [0.2, 0.25) is 0 Å². The first-order valence-electron chi connectivity index (χ1n) is 6.10. The van der Waals surface area contributed by atoms with Crippen LogP contribution in [0.15, 0.2) is 24.3 Å². The van der Waals surface area contributed by atoms with Crippen LogP contribution in [-0.2, 0) is 6.42 Å². The Hall–Kier alpha value is -2.10. The van der Waals surface area contributed by atoms with Crippen molar-refractivity contribution < 1.29 is 4.74 Å². The molecule has 1 aliphatic heterocycles. The molecule has 1 aliphatic rings. The van der Waals surface area contributed by atoms with Gasteiger partial charge in [-0.1, -0.05) is 12.1 Å². The molecule has 1 aromatic heterocycles. The van der Waals surface area contributed by atoms with E-state index in [2.05, 4.69) is 16.0 Å². The van der Waals surface area contributed by atoms with Crippen LogP contribution in [-0.4, -0.2) is 16.6 Å². The van der Waals surface area contributed by atoms with Crippen LogP contribution in [0.5, 0.6) is 5.75 Å². The molecule has 0 aliphatic carbocycles. The van der Waals surface area contributed by atoms with Gasteiger partial charge in [-0.3, -0.25) is 0 Å². The van der Waals surface area contributed by atoms with Crippen molar-refractivity contribution in [3.8, 4) is 17.0 Å². The minimum atomic E-state index is 0.492. The summed E-state index contributed by atoms with van der Waals surface area (Å²) in [5.41, 5.74) is 8.86. The van der Waals surface area contributed by atoms with Crippen LogP contribution >= 0.6 is 0 Å². The summed E-state index contributed by atoms with van der Waals surface area (Å²) < 4.78 is 5.79. The molecule has 1 aromatic carbocycles. The van der Waals surface area contributed by atoms with Gasteiger partial charge in [0.1, 0.15) is 17.4 Å². The van der Waals surface area contributed by atoms with Crippen molar-refractivity contribution in [2.24, 2.45) is 0 Å². The normalized spacial score (nSPS) is 13.8. The van der Waals surface area contributed by atoms with Crippen LogP contribution < -0.4 is 10.5 Å². The third-order valence-corrected chi connectivity index (χ3v) is 3.07. The molecular weight excluding hydrogens is 226 g/mol. The van der Waals surface area contributed by atoms with E-state index in [4.69, 9.17) is 10.5 Å². The molecular formula is C14H15N3O. The Kier molecular flexibility index (Phi) is 2.63. The lowest BCUT2D eigenvalue weighted by molar-refractivity contribution is 0.289. The highest BCUT2D eigenvalue weighted by Crippen LogP contribution is 2.35. The lowest BCUT2D eigenvalue weighted by atomic mass is 10.0. The van der Waals surface area contributed by atoms with E-state index < -0.39 is 0 Å². The minimum Gasteiger partial charge on any atom is -0.493 e. The predicted molar refractivity (Wildman–Crippen MR) is 70.4 cm³/mol. The highest BCUT2D eigenvalue weighted by molar-refractivity contribution is 5.71. The fourth-order valence-corrected chi connectivity index (χ4v) is 2.32. The number of rotatable bonds is 1. The van der Waals surface area contributed by atoms with Crippen molar-refractivity contribution in [2.75, 3.05) is 12.3 Å². The maximum absolute atomic E-state index is 5.79. The first-order valence-corrected chi connectivity index (χ1v) is 6.10. The Morgan fingerprint density at radius 1 is 1.28 bits per heavy atom. The van der Waals surface area contributed by atoms with Crippen molar-refractivity contribution >= 4 is 5.82 Å². The quantitative estimate of drug-likeness (QED) is 0.832. The SMILES string of the molecule is Cc1nc(N)cc(-c2cccc3c2OCCC3)n1. The molecule has 4 heteroatoms. The van der Waals surface area contributed by atoms with Gasteiger partial charge in [-0.25, -0.2) is 9.97 Å². The molecule has 0 unspecified atom stereocenters. The highest BCUT2D eigenvalue weighted by atomic mass is 16.5. The van der Waals surface area contributed by atoms with Gasteiger partial charge in [0, 0.05) is 11.6 Å². The minimum absolute atomic E-state index is 0.492. The maximum Gasteiger partial charge on any atom is 0.131 e. The molecule has 3 rings (SSSR count). The zero-order valence-corrected chi connectivity index (χ0v) is 10.3. The van der Waals surface area contributed by atoms with E-state index in [9.17, 15) is 0 Å². The second kappa shape index (κ2) is 4.29. The number of nitrogen functional groups attached to an aromatic ring is 1. The molecule has 2 aromatic rings. The summed E-state index contributed by atoms with van der Waals surface area (Å²) in [4.78, 5) is 8.54. The second-order valence-electron chi connectivity index (χ2n) is 4.47. The summed E-state index contributed by atoms with van der Waals surface area (Å²) in [5.74, 6) is 2.12. The first kappa shape index (κ1) is 11.0. The predicted octanol–water partition coefficient (Wildman–Crippen LogP) is 2.36. The van der Waals surface area contributed by atoms with E-state index >= 15 is 0 Å². The van der Waals surface area contributed by atoms with Gasteiger partial charge in [-0.05, 0) is 31.4 Å². The van der Waals surface area contributed by atoms with E-state index in [1.165, 1.54) is 5.56 Å². The number of ether oxygens (including phenoxy) is 1. The fraction of sp³-hybridized carbons (Fsp3) is 0.286. The Bertz CT molecular complexity index is 575. The molecule has 0 fully saturated rings. The molecule has 92 valence electrons. The van der Waals surface area contributed by atoms with E-state index in [1.54, 1.807) is 6.07 Å². The third kappa shape index (κ3) is 1.90. The molecule has 2 N–H and O–H groups in total. The number of aromatic nitrogens is 2. The molecule has 0 saturated heterocycles. The largest absolute Gasteiger partial charge is 0.493 e. The fourth-order valence-electron chi connectivity index (χ4n) is 2.32. The summed E-state index contributed by atoms with van der Waals surface area (Å²) >= 11 is 0. The van der Waals surface area contributed by atoms with Crippen molar-refractivity contribution in [3.05, 3.63) is 35.7 Å². The lowest BCUT2D eigenvalue weighted by Crippen LogP contribution is -2.09. The molecule has 4 nitrogen and oxygen atoms in total. The maximum atomic E-state index is 5.79. The van der Waals surface area contributed by atoms with Gasteiger partial charge in [0.05, 0.1) is 12.3 Å². The molecule has 0 bridgehead atoms. The smallest absolute Gasteiger partial charge is 0.131 e. The third-order valence-electron chi connectivity index (χ3n) is 3.07. The van der Waals surface area contributed by atoms with Crippen molar-refractivity contribution in [1.82, 2.24) is 9.97 Å². The number of anilines is 1. The van der Waals surface area contributed by atoms with Crippen molar-refractivity contribution in [3.63, 3.8) is 0 Å². The monoisotopic (exact) mass is 241 g/mol. The number of hydrogen-bond acceptors (Lipinski definition) is 4. The van der Waals surface area contributed by atoms with Crippen LogP contribution in [0.1, 0.15) is 17.8 Å². The Labute approximate surface area is 106 Å². The van der Waals surface area contributed by atoms with Gasteiger partial charge in [0.15, 0.2) is 0 Å². The van der Waals surface area contributed by atoms with Crippen LogP contribution in [0.3, 0.4) is 0 Å². The van der Waals surface area contributed by atoms with Gasteiger partial charge >= 0.3 is 0 Å². The molecule has 0 amide bonds.